The Labute approximate surface area is 90.0 Å². The number of amides is 1. The number of likely N-dealkylation sites (tertiary alicyclic amines) is 1. The molecule has 1 rings (SSSR count). The molecule has 0 aromatic heterocycles. The van der Waals surface area contributed by atoms with Crippen LogP contribution in [0.15, 0.2) is 0 Å². The van der Waals surface area contributed by atoms with Crippen molar-refractivity contribution in [3.63, 3.8) is 0 Å². The zero-order valence-corrected chi connectivity index (χ0v) is 8.62. The van der Waals surface area contributed by atoms with E-state index in [9.17, 15) is 22.8 Å². The van der Waals surface area contributed by atoms with Crippen LogP contribution in [0.25, 0.3) is 0 Å². The van der Waals surface area contributed by atoms with Gasteiger partial charge >= 0.3 is 18.1 Å². The first-order chi connectivity index (χ1) is 7.23. The molecule has 0 bridgehead atoms. The molecule has 1 aliphatic rings. The second kappa shape index (κ2) is 4.31. The number of halogens is 3. The Kier molecular flexibility index (Phi) is 3.44. The Bertz CT molecular complexity index is 303. The van der Waals surface area contributed by atoms with E-state index in [1.807, 2.05) is 0 Å². The first-order valence-corrected chi connectivity index (χ1v) is 4.84. The first-order valence-electron chi connectivity index (χ1n) is 4.84. The van der Waals surface area contributed by atoms with Crippen LogP contribution in [0.2, 0.25) is 0 Å². The largest absolute Gasteiger partial charge is 0.480 e. The van der Waals surface area contributed by atoms with Crippen LogP contribution in [-0.4, -0.2) is 40.6 Å². The third kappa shape index (κ3) is 2.65. The zero-order chi connectivity index (χ0) is 12.5. The van der Waals surface area contributed by atoms with E-state index in [-0.39, 0.29) is 18.9 Å². The van der Waals surface area contributed by atoms with Gasteiger partial charge in [0.25, 0.3) is 0 Å². The molecule has 0 saturated carbocycles. The third-order valence-electron chi connectivity index (χ3n) is 2.61. The van der Waals surface area contributed by atoms with E-state index in [4.69, 9.17) is 5.11 Å². The van der Waals surface area contributed by atoms with Crippen molar-refractivity contribution in [3.8, 4) is 0 Å². The molecule has 1 saturated heterocycles. The van der Waals surface area contributed by atoms with E-state index in [1.165, 1.54) is 0 Å². The molecule has 16 heavy (non-hydrogen) atoms. The summed E-state index contributed by atoms with van der Waals surface area (Å²) in [6, 6.07) is -1.36. The minimum atomic E-state index is -5.01. The van der Waals surface area contributed by atoms with Gasteiger partial charge in [-0.2, -0.15) is 13.2 Å². The van der Waals surface area contributed by atoms with Crippen LogP contribution < -0.4 is 0 Å². The number of hydrogen-bond donors (Lipinski definition) is 1. The molecule has 0 radical (unpaired) electrons. The number of carbonyl (C=O) groups excluding carboxylic acids is 1. The van der Waals surface area contributed by atoms with Crippen molar-refractivity contribution in [1.29, 1.82) is 0 Å². The van der Waals surface area contributed by atoms with Gasteiger partial charge in [0.05, 0.1) is 0 Å². The summed E-state index contributed by atoms with van der Waals surface area (Å²) in [5.74, 6) is -3.56. The second-order valence-corrected chi connectivity index (χ2v) is 3.99. The van der Waals surface area contributed by atoms with Crippen LogP contribution >= 0.6 is 0 Å². The maximum atomic E-state index is 12.2. The highest BCUT2D eigenvalue weighted by atomic mass is 19.4. The molecule has 1 heterocycles. The molecule has 1 aliphatic heterocycles. The molecule has 1 fully saturated rings. The highest BCUT2D eigenvalue weighted by molar-refractivity contribution is 5.87. The molecule has 2 atom stereocenters. The number of piperidine rings is 1. The minimum Gasteiger partial charge on any atom is -0.480 e. The minimum absolute atomic E-state index is 0.0678. The average molecular weight is 239 g/mol. The maximum absolute atomic E-state index is 12.2. The van der Waals surface area contributed by atoms with Crippen LogP contribution in [0.5, 0.6) is 0 Å². The average Bonchev–Trinajstić information content (AvgIpc) is 2.14. The monoisotopic (exact) mass is 239 g/mol. The van der Waals surface area contributed by atoms with Crippen molar-refractivity contribution in [2.45, 2.75) is 32.0 Å². The Morgan fingerprint density at radius 2 is 1.88 bits per heavy atom. The maximum Gasteiger partial charge on any atom is 0.471 e. The van der Waals surface area contributed by atoms with Crippen molar-refractivity contribution >= 4 is 11.9 Å². The van der Waals surface area contributed by atoms with Crippen molar-refractivity contribution in [2.75, 3.05) is 6.54 Å². The molecule has 4 nitrogen and oxygen atoms in total. The summed E-state index contributed by atoms with van der Waals surface area (Å²) in [5, 5.41) is 8.75. The van der Waals surface area contributed by atoms with Gasteiger partial charge in [-0.05, 0) is 18.8 Å². The molecular weight excluding hydrogens is 227 g/mol. The van der Waals surface area contributed by atoms with Gasteiger partial charge in [-0.1, -0.05) is 6.92 Å². The normalized spacial score (nSPS) is 26.6. The van der Waals surface area contributed by atoms with Crippen molar-refractivity contribution < 1.29 is 27.9 Å². The van der Waals surface area contributed by atoms with Crippen LogP contribution in [0.1, 0.15) is 19.8 Å². The number of alkyl halides is 3. The number of hydrogen-bond acceptors (Lipinski definition) is 2. The molecule has 2 unspecified atom stereocenters. The fraction of sp³-hybridized carbons (Fsp3) is 0.778. The molecule has 92 valence electrons. The van der Waals surface area contributed by atoms with E-state index >= 15 is 0 Å². The Balaban J connectivity index is 2.87. The molecule has 1 amide bonds. The fourth-order valence-corrected chi connectivity index (χ4v) is 1.80. The second-order valence-electron chi connectivity index (χ2n) is 3.99. The fourth-order valence-electron chi connectivity index (χ4n) is 1.80. The summed E-state index contributed by atoms with van der Waals surface area (Å²) in [6.45, 7) is 1.53. The van der Waals surface area contributed by atoms with Crippen LogP contribution in [-0.2, 0) is 9.59 Å². The van der Waals surface area contributed by atoms with E-state index in [0.29, 0.717) is 11.3 Å². The van der Waals surface area contributed by atoms with Gasteiger partial charge in [0.2, 0.25) is 0 Å². The standard InChI is InChI=1S/C9H12F3NO3/c1-5-2-3-6(7(14)15)13(4-5)8(16)9(10,11)12/h5-6H,2-4H2,1H3,(H,14,15). The quantitative estimate of drug-likeness (QED) is 0.749. The van der Waals surface area contributed by atoms with E-state index in [0.717, 1.165) is 0 Å². The highest BCUT2D eigenvalue weighted by Gasteiger charge is 2.47. The Morgan fingerprint density at radius 1 is 1.31 bits per heavy atom. The summed E-state index contributed by atoms with van der Waals surface area (Å²) >= 11 is 0. The number of carboxylic acid groups (broad SMARTS) is 1. The molecule has 1 N–H and O–H groups in total. The Morgan fingerprint density at radius 3 is 2.31 bits per heavy atom. The van der Waals surface area contributed by atoms with E-state index < -0.39 is 24.1 Å². The SMILES string of the molecule is CC1CCC(C(=O)O)N(C(=O)C(F)(F)F)C1. The van der Waals surface area contributed by atoms with E-state index in [1.54, 1.807) is 6.92 Å². The van der Waals surface area contributed by atoms with Crippen molar-refractivity contribution in [3.05, 3.63) is 0 Å². The van der Waals surface area contributed by atoms with Crippen LogP contribution in [0, 0.1) is 5.92 Å². The lowest BCUT2D eigenvalue weighted by atomic mass is 9.94. The summed E-state index contributed by atoms with van der Waals surface area (Å²) in [7, 11) is 0. The summed E-state index contributed by atoms with van der Waals surface area (Å²) in [6.07, 6.45) is -4.43. The third-order valence-corrected chi connectivity index (χ3v) is 2.61. The predicted octanol–water partition coefficient (Wildman–Crippen LogP) is 1.26. The lowest BCUT2D eigenvalue weighted by Crippen LogP contribution is -2.54. The lowest BCUT2D eigenvalue weighted by molar-refractivity contribution is -0.192. The molecular formula is C9H12F3NO3. The molecule has 7 heteroatoms. The van der Waals surface area contributed by atoms with E-state index in [2.05, 4.69) is 0 Å². The number of nitrogens with zero attached hydrogens (tertiary/aromatic N) is 1. The number of aliphatic carboxylic acids is 1. The van der Waals surface area contributed by atoms with Gasteiger partial charge in [-0.25, -0.2) is 4.79 Å². The summed E-state index contributed by atoms with van der Waals surface area (Å²) in [5.41, 5.74) is 0. The predicted molar refractivity (Wildman–Crippen MR) is 47.6 cm³/mol. The highest BCUT2D eigenvalue weighted by Crippen LogP contribution is 2.27. The summed E-state index contributed by atoms with van der Waals surface area (Å²) in [4.78, 5) is 22.2. The molecule has 0 aliphatic carbocycles. The van der Waals surface area contributed by atoms with Crippen LogP contribution in [0.3, 0.4) is 0 Å². The number of carboxylic acids is 1. The Hall–Kier alpha value is -1.27. The molecule has 0 aromatic rings. The molecule has 0 aromatic carbocycles. The van der Waals surface area contributed by atoms with Gasteiger partial charge in [0.15, 0.2) is 0 Å². The zero-order valence-electron chi connectivity index (χ0n) is 8.62. The van der Waals surface area contributed by atoms with Crippen LogP contribution in [0.4, 0.5) is 13.2 Å². The summed E-state index contributed by atoms with van der Waals surface area (Å²) < 4.78 is 36.6. The van der Waals surface area contributed by atoms with Gasteiger partial charge in [-0.3, -0.25) is 4.79 Å². The van der Waals surface area contributed by atoms with Crippen molar-refractivity contribution in [2.24, 2.45) is 5.92 Å². The molecule has 0 spiro atoms. The van der Waals surface area contributed by atoms with Gasteiger partial charge in [0, 0.05) is 6.54 Å². The topological polar surface area (TPSA) is 57.6 Å². The van der Waals surface area contributed by atoms with Gasteiger partial charge < -0.3 is 10.0 Å². The van der Waals surface area contributed by atoms with Gasteiger partial charge in [-0.15, -0.1) is 0 Å². The number of carbonyl (C=O) groups is 2. The lowest BCUT2D eigenvalue weighted by Gasteiger charge is -2.36. The smallest absolute Gasteiger partial charge is 0.471 e. The van der Waals surface area contributed by atoms with Crippen molar-refractivity contribution in [1.82, 2.24) is 4.90 Å². The first kappa shape index (κ1) is 12.8. The van der Waals surface area contributed by atoms with Gasteiger partial charge in [0.1, 0.15) is 6.04 Å². The number of rotatable bonds is 1.